The smallest absolute Gasteiger partial charge is 0.311 e. The van der Waals surface area contributed by atoms with Crippen LogP contribution >= 0.6 is 0 Å². The summed E-state index contributed by atoms with van der Waals surface area (Å²) < 4.78 is 10.9. The highest BCUT2D eigenvalue weighted by atomic mass is 16.6. The topological polar surface area (TPSA) is 69.7 Å². The summed E-state index contributed by atoms with van der Waals surface area (Å²) in [7, 11) is 0. The zero-order valence-electron chi connectivity index (χ0n) is 17.6. The van der Waals surface area contributed by atoms with E-state index in [1.165, 1.54) is 25.7 Å². The van der Waals surface area contributed by atoms with Gasteiger partial charge in [0.25, 0.3) is 0 Å². The molecule has 1 aromatic rings. The third kappa shape index (κ3) is 3.49. The average molecular weight is 398 g/mol. The van der Waals surface area contributed by atoms with Gasteiger partial charge in [0.15, 0.2) is 17.3 Å². The van der Waals surface area contributed by atoms with Crippen LogP contribution in [-0.4, -0.2) is 17.7 Å². The van der Waals surface area contributed by atoms with Crippen LogP contribution < -0.4 is 9.47 Å². The van der Waals surface area contributed by atoms with Crippen LogP contribution in [0.1, 0.15) is 94.0 Å². The molecule has 5 nitrogen and oxygen atoms in total. The summed E-state index contributed by atoms with van der Waals surface area (Å²) in [6, 6.07) is 3.43. The van der Waals surface area contributed by atoms with E-state index in [-0.39, 0.29) is 36.1 Å². The van der Waals surface area contributed by atoms with Gasteiger partial charge in [0.1, 0.15) is 0 Å². The highest BCUT2D eigenvalue weighted by Gasteiger charge is 2.51. The van der Waals surface area contributed by atoms with Gasteiger partial charge in [-0.25, -0.2) is 0 Å². The van der Waals surface area contributed by atoms with E-state index in [9.17, 15) is 14.4 Å². The molecule has 0 bridgehead atoms. The fraction of sp³-hybridized carbons (Fsp3) is 0.625. The van der Waals surface area contributed by atoms with E-state index in [1.807, 2.05) is 0 Å². The Kier molecular flexibility index (Phi) is 5.26. The molecule has 5 heteroatoms. The van der Waals surface area contributed by atoms with Crippen molar-refractivity contribution in [2.75, 3.05) is 0 Å². The van der Waals surface area contributed by atoms with Gasteiger partial charge in [-0.3, -0.25) is 14.4 Å². The van der Waals surface area contributed by atoms with E-state index in [1.54, 1.807) is 26.0 Å². The maximum atomic E-state index is 13.1. The van der Waals surface area contributed by atoms with Gasteiger partial charge in [0.2, 0.25) is 0 Å². The number of carbonyl (C=O) groups is 3. The van der Waals surface area contributed by atoms with Crippen molar-refractivity contribution < 1.29 is 23.9 Å². The average Bonchev–Trinajstić information content (AvgIpc) is 3.10. The number of hydrogen-bond donors (Lipinski definition) is 0. The molecule has 0 radical (unpaired) electrons. The number of esters is 2. The van der Waals surface area contributed by atoms with E-state index in [4.69, 9.17) is 9.47 Å². The number of fused-ring (bicyclic) bond motifs is 5. The summed E-state index contributed by atoms with van der Waals surface area (Å²) in [6.07, 6.45) is 6.92. The summed E-state index contributed by atoms with van der Waals surface area (Å²) in [5.74, 6) is 0.973. The first-order valence-electron chi connectivity index (χ1n) is 11.0. The number of hydrogen-bond acceptors (Lipinski definition) is 5. The van der Waals surface area contributed by atoms with Gasteiger partial charge in [0.05, 0.1) is 0 Å². The quantitative estimate of drug-likeness (QED) is 0.515. The van der Waals surface area contributed by atoms with Gasteiger partial charge in [-0.1, -0.05) is 27.2 Å². The lowest BCUT2D eigenvalue weighted by Gasteiger charge is -2.48. The van der Waals surface area contributed by atoms with Crippen molar-refractivity contribution in [1.82, 2.24) is 0 Å². The first-order valence-corrected chi connectivity index (χ1v) is 11.0. The van der Waals surface area contributed by atoms with Gasteiger partial charge in [-0.2, -0.15) is 0 Å². The normalized spacial score (nSPS) is 30.2. The van der Waals surface area contributed by atoms with Crippen molar-refractivity contribution in [3.05, 3.63) is 23.3 Å². The van der Waals surface area contributed by atoms with Crippen LogP contribution in [0.5, 0.6) is 11.5 Å². The summed E-state index contributed by atoms with van der Waals surface area (Å²) in [5.41, 5.74) is 1.95. The first-order chi connectivity index (χ1) is 13.9. The minimum absolute atomic E-state index is 0.111. The third-order valence-corrected chi connectivity index (χ3v) is 7.48. The Morgan fingerprint density at radius 1 is 1.03 bits per heavy atom. The molecule has 4 rings (SSSR count). The van der Waals surface area contributed by atoms with Crippen LogP contribution in [0.3, 0.4) is 0 Å². The highest BCUT2D eigenvalue weighted by molar-refractivity contribution is 6.00. The molecule has 156 valence electrons. The fourth-order valence-corrected chi connectivity index (χ4v) is 5.95. The number of benzene rings is 1. The van der Waals surface area contributed by atoms with Crippen LogP contribution in [0.15, 0.2) is 12.1 Å². The molecule has 29 heavy (non-hydrogen) atoms. The van der Waals surface area contributed by atoms with E-state index >= 15 is 0 Å². The SMILES string of the molecule is CCC(=O)Oc1cc2c(cc1OC(=O)CC)[C@H]1CC[C@]3(C)CCC[C@H]3[C@@H]1CC2=O. The molecule has 1 aromatic carbocycles. The van der Waals surface area contributed by atoms with Crippen molar-refractivity contribution in [2.45, 2.75) is 78.1 Å². The molecular formula is C24H30O5. The number of ether oxygens (including phenoxy) is 2. The Balaban J connectivity index is 1.75. The Labute approximate surface area is 172 Å². The van der Waals surface area contributed by atoms with Crippen LogP contribution in [0, 0.1) is 17.3 Å². The minimum atomic E-state index is -0.417. The van der Waals surface area contributed by atoms with E-state index in [0.29, 0.717) is 35.2 Å². The minimum Gasteiger partial charge on any atom is -0.423 e. The summed E-state index contributed by atoms with van der Waals surface area (Å²) in [4.78, 5) is 36.9. The Hall–Kier alpha value is -2.17. The van der Waals surface area contributed by atoms with Crippen LogP contribution in [0.25, 0.3) is 0 Å². The lowest BCUT2D eigenvalue weighted by molar-refractivity contribution is -0.136. The standard InChI is InChI=1S/C24H30O5/c1-4-22(26)28-20-12-15-14-8-10-24(3)9-6-7-18(24)16(14)11-19(25)17(15)13-21(20)29-23(27)5-2/h12-14,16,18H,4-11H2,1-3H3/t14-,16-,18+,24+/m1/s1. The predicted octanol–water partition coefficient (Wildman–Crippen LogP) is 5.20. The largest absolute Gasteiger partial charge is 0.423 e. The molecule has 0 aromatic heterocycles. The maximum Gasteiger partial charge on any atom is 0.311 e. The molecular weight excluding hydrogens is 368 g/mol. The number of Topliss-reactive ketones (excluding diaryl/α,β-unsaturated/α-hetero) is 1. The molecule has 3 aliphatic carbocycles. The lowest BCUT2D eigenvalue weighted by atomic mass is 9.55. The van der Waals surface area contributed by atoms with Gasteiger partial charge < -0.3 is 9.47 Å². The molecule has 0 saturated heterocycles. The zero-order valence-corrected chi connectivity index (χ0v) is 17.6. The monoisotopic (exact) mass is 398 g/mol. The van der Waals surface area contributed by atoms with Gasteiger partial charge >= 0.3 is 11.9 Å². The number of ketones is 1. The van der Waals surface area contributed by atoms with Crippen molar-refractivity contribution >= 4 is 17.7 Å². The van der Waals surface area contributed by atoms with E-state index in [0.717, 1.165) is 12.0 Å². The summed E-state index contributed by atoms with van der Waals surface area (Å²) >= 11 is 0. The number of carbonyl (C=O) groups excluding carboxylic acids is 3. The van der Waals surface area contributed by atoms with Crippen molar-refractivity contribution in [3.63, 3.8) is 0 Å². The first kappa shape index (κ1) is 20.1. The van der Waals surface area contributed by atoms with Gasteiger partial charge in [-0.05, 0) is 66.5 Å². The molecule has 0 aliphatic heterocycles. The van der Waals surface area contributed by atoms with E-state index < -0.39 is 5.97 Å². The van der Waals surface area contributed by atoms with Gasteiger partial charge in [-0.15, -0.1) is 0 Å². The lowest BCUT2D eigenvalue weighted by Crippen LogP contribution is -2.41. The molecule has 2 saturated carbocycles. The van der Waals surface area contributed by atoms with Gasteiger partial charge in [0, 0.05) is 24.8 Å². The van der Waals surface area contributed by atoms with Crippen LogP contribution in [0.4, 0.5) is 0 Å². The van der Waals surface area contributed by atoms with E-state index in [2.05, 4.69) is 6.92 Å². The van der Waals surface area contributed by atoms with Crippen LogP contribution in [0.2, 0.25) is 0 Å². The molecule has 0 spiro atoms. The number of rotatable bonds is 4. The zero-order chi connectivity index (χ0) is 20.8. The molecule has 3 aliphatic rings. The molecule has 4 atom stereocenters. The molecule has 2 fully saturated rings. The Morgan fingerprint density at radius 2 is 1.69 bits per heavy atom. The Morgan fingerprint density at radius 3 is 2.34 bits per heavy atom. The van der Waals surface area contributed by atoms with Crippen molar-refractivity contribution in [1.29, 1.82) is 0 Å². The maximum absolute atomic E-state index is 13.1. The summed E-state index contributed by atoms with van der Waals surface area (Å²) in [6.45, 7) is 5.82. The second-order valence-corrected chi connectivity index (χ2v) is 9.13. The second kappa shape index (κ2) is 7.58. The Bertz CT molecular complexity index is 857. The second-order valence-electron chi connectivity index (χ2n) is 9.13. The molecule has 0 heterocycles. The molecule has 0 amide bonds. The fourth-order valence-electron chi connectivity index (χ4n) is 5.95. The van der Waals surface area contributed by atoms with Crippen LogP contribution in [-0.2, 0) is 9.59 Å². The molecule has 0 N–H and O–H groups in total. The van der Waals surface area contributed by atoms with Crippen molar-refractivity contribution in [3.8, 4) is 11.5 Å². The summed E-state index contributed by atoms with van der Waals surface area (Å²) in [5, 5.41) is 0. The predicted molar refractivity (Wildman–Crippen MR) is 108 cm³/mol. The highest BCUT2D eigenvalue weighted by Crippen LogP contribution is 2.61. The molecule has 0 unspecified atom stereocenters. The third-order valence-electron chi connectivity index (χ3n) is 7.48. The van der Waals surface area contributed by atoms with Crippen molar-refractivity contribution in [2.24, 2.45) is 17.3 Å².